The molecule has 1 aliphatic carbocycles. The second-order valence-electron chi connectivity index (χ2n) is 7.87. The maximum Gasteiger partial charge on any atom is 0.261 e. The van der Waals surface area contributed by atoms with Gasteiger partial charge in [-0.15, -0.1) is 0 Å². The van der Waals surface area contributed by atoms with E-state index in [1.54, 1.807) is 0 Å². The number of benzene rings is 2. The molecule has 0 unspecified atom stereocenters. The molecule has 3 aromatic rings. The second-order valence-corrected chi connectivity index (χ2v) is 8.79. The molecule has 6 heteroatoms. The van der Waals surface area contributed by atoms with Crippen LogP contribution in [0.4, 0.5) is 5.69 Å². The maximum atomic E-state index is 13.1. The molecule has 0 atom stereocenters. The molecule has 148 valence electrons. The van der Waals surface area contributed by atoms with Gasteiger partial charge in [-0.3, -0.25) is 14.2 Å². The Morgan fingerprint density at radius 2 is 2.00 bits per heavy atom. The van der Waals surface area contributed by atoms with E-state index in [4.69, 9.17) is 4.98 Å². The summed E-state index contributed by atoms with van der Waals surface area (Å²) in [4.78, 5) is 32.7. The molecule has 1 amide bonds. The molecule has 29 heavy (non-hydrogen) atoms. The van der Waals surface area contributed by atoms with Crippen LogP contribution in [0.15, 0.2) is 51.7 Å². The van der Waals surface area contributed by atoms with E-state index >= 15 is 0 Å². The molecule has 2 aromatic carbocycles. The monoisotopic (exact) mass is 451 g/mol. The molecule has 0 spiro atoms. The zero-order valence-corrected chi connectivity index (χ0v) is 17.7. The van der Waals surface area contributed by atoms with Crippen molar-refractivity contribution in [2.75, 3.05) is 11.4 Å². The van der Waals surface area contributed by atoms with E-state index in [0.717, 1.165) is 48.2 Å². The zero-order chi connectivity index (χ0) is 20.0. The first-order valence-electron chi connectivity index (χ1n) is 10.2. The van der Waals surface area contributed by atoms with Gasteiger partial charge in [0.05, 0.1) is 10.9 Å². The lowest BCUT2D eigenvalue weighted by Gasteiger charge is -2.30. The summed E-state index contributed by atoms with van der Waals surface area (Å²) in [5, 5.41) is 0.657. The minimum atomic E-state index is 0.0220. The third kappa shape index (κ3) is 3.50. The smallest absolute Gasteiger partial charge is 0.261 e. The van der Waals surface area contributed by atoms with E-state index in [9.17, 15) is 9.59 Å². The summed E-state index contributed by atoms with van der Waals surface area (Å²) in [7, 11) is 0. The van der Waals surface area contributed by atoms with Crippen molar-refractivity contribution < 1.29 is 4.79 Å². The highest BCUT2D eigenvalue weighted by atomic mass is 79.9. The van der Waals surface area contributed by atoms with E-state index in [-0.39, 0.29) is 17.5 Å². The van der Waals surface area contributed by atoms with Crippen molar-refractivity contribution in [3.63, 3.8) is 0 Å². The van der Waals surface area contributed by atoms with Crippen LogP contribution in [0.2, 0.25) is 0 Å². The van der Waals surface area contributed by atoms with E-state index in [1.807, 2.05) is 45.9 Å². The first-order valence-corrected chi connectivity index (χ1v) is 11.0. The third-order valence-electron chi connectivity index (χ3n) is 5.82. The topological polar surface area (TPSA) is 55.2 Å². The highest BCUT2D eigenvalue weighted by Gasteiger charge is 2.29. The predicted octanol–water partition coefficient (Wildman–Crippen LogP) is 4.41. The predicted molar refractivity (Wildman–Crippen MR) is 117 cm³/mol. The van der Waals surface area contributed by atoms with Crippen molar-refractivity contribution in [2.24, 2.45) is 0 Å². The lowest BCUT2D eigenvalue weighted by Crippen LogP contribution is -2.36. The highest BCUT2D eigenvalue weighted by Crippen LogP contribution is 2.35. The van der Waals surface area contributed by atoms with Crippen LogP contribution in [-0.4, -0.2) is 22.0 Å². The molecule has 5 rings (SSSR count). The average Bonchev–Trinajstić information content (AvgIpc) is 3.56. The Hall–Kier alpha value is -2.47. The normalized spacial score (nSPS) is 16.1. The number of amides is 1. The Morgan fingerprint density at radius 1 is 1.17 bits per heavy atom. The van der Waals surface area contributed by atoms with Crippen molar-refractivity contribution in [3.8, 4) is 0 Å². The lowest BCUT2D eigenvalue weighted by molar-refractivity contribution is -0.118. The fourth-order valence-electron chi connectivity index (χ4n) is 4.26. The van der Waals surface area contributed by atoms with Gasteiger partial charge in [0.1, 0.15) is 5.82 Å². The summed E-state index contributed by atoms with van der Waals surface area (Å²) < 4.78 is 2.87. The maximum absolute atomic E-state index is 13.1. The molecule has 5 nitrogen and oxygen atoms in total. The molecule has 0 saturated heterocycles. The molecular formula is C23H22BrN3O2. The van der Waals surface area contributed by atoms with Gasteiger partial charge in [0.2, 0.25) is 5.91 Å². The number of fused-ring (bicyclic) bond motifs is 2. The standard InChI is InChI=1S/C23H22BrN3O2/c24-16-7-10-20-15(14-16)4-3-13-26(20)22(28)12-11-21-25-19-6-2-1-5-18(19)23(29)27(21)17-8-9-17/h1-2,5-7,10,14,17H,3-4,8-9,11-13H2. The average molecular weight is 452 g/mol. The van der Waals surface area contributed by atoms with Crippen molar-refractivity contribution in [1.82, 2.24) is 9.55 Å². The molecule has 1 aromatic heterocycles. The summed E-state index contributed by atoms with van der Waals surface area (Å²) in [6.07, 6.45) is 4.82. The number of halogens is 1. The van der Waals surface area contributed by atoms with Crippen molar-refractivity contribution in [3.05, 3.63) is 68.7 Å². The molecule has 0 radical (unpaired) electrons. The van der Waals surface area contributed by atoms with Gasteiger partial charge < -0.3 is 4.90 Å². The van der Waals surface area contributed by atoms with Gasteiger partial charge in [0.15, 0.2) is 0 Å². The van der Waals surface area contributed by atoms with Gasteiger partial charge in [0.25, 0.3) is 5.56 Å². The molecule has 2 heterocycles. The highest BCUT2D eigenvalue weighted by molar-refractivity contribution is 9.10. The summed E-state index contributed by atoms with van der Waals surface area (Å²) >= 11 is 3.52. The summed E-state index contributed by atoms with van der Waals surface area (Å²) in [5.74, 6) is 0.829. The number of nitrogens with zero attached hydrogens (tertiary/aromatic N) is 3. The van der Waals surface area contributed by atoms with Crippen LogP contribution in [0, 0.1) is 0 Å². The van der Waals surface area contributed by atoms with E-state index < -0.39 is 0 Å². The third-order valence-corrected chi connectivity index (χ3v) is 6.31. The SMILES string of the molecule is O=C(CCc1nc2ccccc2c(=O)n1C1CC1)N1CCCc2cc(Br)ccc21. The van der Waals surface area contributed by atoms with Gasteiger partial charge in [-0.2, -0.15) is 0 Å². The number of aromatic nitrogens is 2. The van der Waals surface area contributed by atoms with Crippen LogP contribution in [0.1, 0.15) is 43.1 Å². The van der Waals surface area contributed by atoms with Crippen molar-refractivity contribution in [1.29, 1.82) is 0 Å². The largest absolute Gasteiger partial charge is 0.312 e. The van der Waals surface area contributed by atoms with Gasteiger partial charge >= 0.3 is 0 Å². The minimum Gasteiger partial charge on any atom is -0.312 e. The van der Waals surface area contributed by atoms with E-state index in [0.29, 0.717) is 23.7 Å². The molecule has 1 fully saturated rings. The summed E-state index contributed by atoms with van der Waals surface area (Å²) in [5.41, 5.74) is 2.95. The van der Waals surface area contributed by atoms with Crippen LogP contribution in [-0.2, 0) is 17.6 Å². The Balaban J connectivity index is 1.42. The molecule has 0 bridgehead atoms. The van der Waals surface area contributed by atoms with Gasteiger partial charge in [-0.1, -0.05) is 28.1 Å². The Kier molecular flexibility index (Phi) is 4.74. The zero-order valence-electron chi connectivity index (χ0n) is 16.1. The second kappa shape index (κ2) is 7.41. The van der Waals surface area contributed by atoms with Crippen LogP contribution in [0.3, 0.4) is 0 Å². The fourth-order valence-corrected chi connectivity index (χ4v) is 4.66. The molecule has 0 N–H and O–H groups in total. The van der Waals surface area contributed by atoms with Crippen LogP contribution in [0.25, 0.3) is 10.9 Å². The summed E-state index contributed by atoms with van der Waals surface area (Å²) in [6, 6.07) is 13.8. The number of anilines is 1. The van der Waals surface area contributed by atoms with Crippen molar-refractivity contribution in [2.45, 2.75) is 44.6 Å². The van der Waals surface area contributed by atoms with Crippen LogP contribution < -0.4 is 10.5 Å². The number of para-hydroxylation sites is 1. The number of carbonyl (C=O) groups is 1. The number of hydrogen-bond acceptors (Lipinski definition) is 3. The Labute approximate surface area is 177 Å². The number of rotatable bonds is 4. The van der Waals surface area contributed by atoms with Gasteiger partial charge in [-0.05, 0) is 61.6 Å². The van der Waals surface area contributed by atoms with Crippen LogP contribution >= 0.6 is 15.9 Å². The number of hydrogen-bond donors (Lipinski definition) is 0. The molecule has 1 aliphatic heterocycles. The van der Waals surface area contributed by atoms with Gasteiger partial charge in [0, 0.05) is 35.6 Å². The minimum absolute atomic E-state index is 0.0220. The molecular weight excluding hydrogens is 430 g/mol. The first-order chi connectivity index (χ1) is 14.1. The van der Waals surface area contributed by atoms with Gasteiger partial charge in [-0.25, -0.2) is 4.98 Å². The molecule has 2 aliphatic rings. The molecule has 1 saturated carbocycles. The summed E-state index contributed by atoms with van der Waals surface area (Å²) in [6.45, 7) is 0.744. The Morgan fingerprint density at radius 3 is 2.83 bits per heavy atom. The van der Waals surface area contributed by atoms with Crippen LogP contribution in [0.5, 0.6) is 0 Å². The van der Waals surface area contributed by atoms with E-state index in [2.05, 4.69) is 22.0 Å². The number of aryl methyl sites for hydroxylation is 2. The number of carbonyl (C=O) groups excluding carboxylic acids is 1. The quantitative estimate of drug-likeness (QED) is 0.590. The van der Waals surface area contributed by atoms with E-state index in [1.165, 1.54) is 5.56 Å². The van der Waals surface area contributed by atoms with Crippen molar-refractivity contribution >= 4 is 38.4 Å². The first kappa shape index (κ1) is 18.6. The Bertz CT molecular complexity index is 1170. The lowest BCUT2D eigenvalue weighted by atomic mass is 10.0. The fraction of sp³-hybridized carbons (Fsp3) is 0.348.